The zero-order chi connectivity index (χ0) is 19.8. The standard InChI is InChI=1S/C18H23FN4O3S/c1-13-18(14(2)21(3)20-13)27(25,26)23-9-7-22(8-10-23)17(24)12-15-5-4-6-16(19)11-15/h4-6,11H,7-10,12H2,1-3H3. The smallest absolute Gasteiger partial charge is 0.246 e. The van der Waals surface area contributed by atoms with Gasteiger partial charge in [-0.05, 0) is 31.5 Å². The first-order valence-corrected chi connectivity index (χ1v) is 10.2. The predicted octanol–water partition coefficient (Wildman–Crippen LogP) is 1.25. The van der Waals surface area contributed by atoms with E-state index in [1.807, 2.05) is 0 Å². The maximum absolute atomic E-state index is 13.3. The number of benzene rings is 1. The lowest BCUT2D eigenvalue weighted by Gasteiger charge is -2.34. The number of piperazine rings is 1. The van der Waals surface area contributed by atoms with Crippen LogP contribution in [-0.4, -0.2) is 59.5 Å². The van der Waals surface area contributed by atoms with E-state index >= 15 is 0 Å². The van der Waals surface area contributed by atoms with Crippen LogP contribution >= 0.6 is 0 Å². The number of aromatic nitrogens is 2. The van der Waals surface area contributed by atoms with E-state index < -0.39 is 10.0 Å². The summed E-state index contributed by atoms with van der Waals surface area (Å²) in [4.78, 5) is 14.3. The molecule has 2 aromatic rings. The number of hydrogen-bond donors (Lipinski definition) is 0. The van der Waals surface area contributed by atoms with Crippen LogP contribution in [0, 0.1) is 19.7 Å². The SMILES string of the molecule is Cc1nn(C)c(C)c1S(=O)(=O)N1CCN(C(=O)Cc2cccc(F)c2)CC1. The van der Waals surface area contributed by atoms with Crippen molar-refractivity contribution in [3.05, 3.63) is 47.0 Å². The highest BCUT2D eigenvalue weighted by atomic mass is 32.2. The molecule has 146 valence electrons. The van der Waals surface area contributed by atoms with E-state index in [0.29, 0.717) is 30.0 Å². The molecule has 7 nitrogen and oxygen atoms in total. The first-order valence-electron chi connectivity index (χ1n) is 8.72. The fraction of sp³-hybridized carbons (Fsp3) is 0.444. The second kappa shape index (κ2) is 7.40. The third kappa shape index (κ3) is 3.89. The highest BCUT2D eigenvalue weighted by Gasteiger charge is 2.33. The maximum Gasteiger partial charge on any atom is 0.246 e. The normalized spacial score (nSPS) is 15.9. The Labute approximate surface area is 158 Å². The van der Waals surface area contributed by atoms with Crippen molar-refractivity contribution >= 4 is 15.9 Å². The van der Waals surface area contributed by atoms with Crippen LogP contribution in [0.3, 0.4) is 0 Å². The minimum atomic E-state index is -3.65. The van der Waals surface area contributed by atoms with Crippen LogP contribution in [-0.2, 0) is 28.3 Å². The maximum atomic E-state index is 13.3. The van der Waals surface area contributed by atoms with Gasteiger partial charge in [0.2, 0.25) is 15.9 Å². The molecule has 1 aliphatic rings. The highest BCUT2D eigenvalue weighted by Crippen LogP contribution is 2.24. The number of halogens is 1. The quantitative estimate of drug-likeness (QED) is 0.782. The molecule has 3 rings (SSSR count). The number of amides is 1. The molecule has 1 aromatic carbocycles. The van der Waals surface area contributed by atoms with Gasteiger partial charge in [0, 0.05) is 33.2 Å². The van der Waals surface area contributed by atoms with Crippen molar-refractivity contribution in [1.82, 2.24) is 19.0 Å². The summed E-state index contributed by atoms with van der Waals surface area (Å²) in [6.07, 6.45) is 0.103. The number of rotatable bonds is 4. The van der Waals surface area contributed by atoms with Crippen molar-refractivity contribution in [3.63, 3.8) is 0 Å². The monoisotopic (exact) mass is 394 g/mol. The molecule has 0 aliphatic carbocycles. The minimum absolute atomic E-state index is 0.103. The van der Waals surface area contributed by atoms with Gasteiger partial charge in [0.15, 0.2) is 0 Å². The molecule has 1 aromatic heterocycles. The van der Waals surface area contributed by atoms with Gasteiger partial charge in [-0.2, -0.15) is 9.40 Å². The number of carbonyl (C=O) groups excluding carboxylic acids is 1. The third-order valence-electron chi connectivity index (χ3n) is 4.88. The molecule has 9 heteroatoms. The molecule has 1 fully saturated rings. The van der Waals surface area contributed by atoms with Gasteiger partial charge < -0.3 is 4.90 Å². The van der Waals surface area contributed by atoms with Crippen LogP contribution in [0.25, 0.3) is 0 Å². The van der Waals surface area contributed by atoms with E-state index in [9.17, 15) is 17.6 Å². The molecular formula is C18H23FN4O3S. The van der Waals surface area contributed by atoms with Crippen LogP contribution in [0.1, 0.15) is 17.0 Å². The lowest BCUT2D eigenvalue weighted by Crippen LogP contribution is -2.51. The second-order valence-electron chi connectivity index (χ2n) is 6.72. The molecule has 0 atom stereocenters. The molecule has 27 heavy (non-hydrogen) atoms. The highest BCUT2D eigenvalue weighted by molar-refractivity contribution is 7.89. The van der Waals surface area contributed by atoms with E-state index in [1.54, 1.807) is 42.6 Å². The Kier molecular flexibility index (Phi) is 5.34. The molecule has 0 spiro atoms. The molecule has 1 aliphatic heterocycles. The summed E-state index contributed by atoms with van der Waals surface area (Å²) >= 11 is 0. The summed E-state index contributed by atoms with van der Waals surface area (Å²) < 4.78 is 42.2. The molecule has 1 amide bonds. The van der Waals surface area contributed by atoms with Crippen molar-refractivity contribution in [2.45, 2.75) is 25.2 Å². The van der Waals surface area contributed by atoms with Crippen molar-refractivity contribution in [3.8, 4) is 0 Å². The molecule has 0 radical (unpaired) electrons. The van der Waals surface area contributed by atoms with Gasteiger partial charge in [0.25, 0.3) is 0 Å². The van der Waals surface area contributed by atoms with E-state index in [1.165, 1.54) is 16.4 Å². The Bertz CT molecular complexity index is 963. The van der Waals surface area contributed by atoms with Crippen LogP contribution in [0.15, 0.2) is 29.2 Å². The number of nitrogens with zero attached hydrogens (tertiary/aromatic N) is 4. The molecular weight excluding hydrogens is 371 g/mol. The van der Waals surface area contributed by atoms with Crippen molar-refractivity contribution in [1.29, 1.82) is 0 Å². The molecule has 1 saturated heterocycles. The first kappa shape index (κ1) is 19.5. The Morgan fingerprint density at radius 2 is 1.85 bits per heavy atom. The summed E-state index contributed by atoms with van der Waals surface area (Å²) in [6.45, 7) is 4.48. The van der Waals surface area contributed by atoms with Gasteiger partial charge in [-0.3, -0.25) is 9.48 Å². The molecule has 2 heterocycles. The lowest BCUT2D eigenvalue weighted by atomic mass is 10.1. The van der Waals surface area contributed by atoms with Gasteiger partial charge in [0.1, 0.15) is 10.7 Å². The second-order valence-corrected chi connectivity index (χ2v) is 8.59. The Balaban J connectivity index is 1.67. The van der Waals surface area contributed by atoms with Crippen LogP contribution in [0.2, 0.25) is 0 Å². The zero-order valence-corrected chi connectivity index (χ0v) is 16.5. The molecule has 0 unspecified atom stereocenters. The van der Waals surface area contributed by atoms with Gasteiger partial charge in [0.05, 0.1) is 17.8 Å². The van der Waals surface area contributed by atoms with Crippen LogP contribution < -0.4 is 0 Å². The predicted molar refractivity (Wildman–Crippen MR) is 98.1 cm³/mol. The van der Waals surface area contributed by atoms with Crippen LogP contribution in [0.5, 0.6) is 0 Å². The summed E-state index contributed by atoms with van der Waals surface area (Å²) in [6, 6.07) is 5.95. The zero-order valence-electron chi connectivity index (χ0n) is 15.6. The molecule has 0 N–H and O–H groups in total. The topological polar surface area (TPSA) is 75.5 Å². The van der Waals surface area contributed by atoms with E-state index in [2.05, 4.69) is 5.10 Å². The molecule has 0 saturated carbocycles. The van der Waals surface area contributed by atoms with Crippen molar-refractivity contribution in [2.75, 3.05) is 26.2 Å². The number of sulfonamides is 1. The fourth-order valence-corrected chi connectivity index (χ4v) is 5.19. The lowest BCUT2D eigenvalue weighted by molar-refractivity contribution is -0.131. The van der Waals surface area contributed by atoms with Gasteiger partial charge in [-0.1, -0.05) is 12.1 Å². The number of aryl methyl sites for hydroxylation is 2. The number of hydrogen-bond acceptors (Lipinski definition) is 4. The van der Waals surface area contributed by atoms with Gasteiger partial charge >= 0.3 is 0 Å². The summed E-state index contributed by atoms with van der Waals surface area (Å²) in [5.74, 6) is -0.509. The van der Waals surface area contributed by atoms with Gasteiger partial charge in [-0.25, -0.2) is 12.8 Å². The largest absolute Gasteiger partial charge is 0.340 e. The first-order chi connectivity index (χ1) is 12.7. The minimum Gasteiger partial charge on any atom is -0.340 e. The summed E-state index contributed by atoms with van der Waals surface area (Å²) in [5, 5.41) is 4.18. The molecule has 0 bridgehead atoms. The third-order valence-corrected chi connectivity index (χ3v) is 7.03. The fourth-order valence-electron chi connectivity index (χ4n) is 3.37. The van der Waals surface area contributed by atoms with Gasteiger partial charge in [-0.15, -0.1) is 0 Å². The number of carbonyl (C=O) groups is 1. The van der Waals surface area contributed by atoms with Crippen LogP contribution in [0.4, 0.5) is 4.39 Å². The Hall–Kier alpha value is -2.26. The average molecular weight is 394 g/mol. The van der Waals surface area contributed by atoms with E-state index in [-0.39, 0.29) is 36.1 Å². The summed E-state index contributed by atoms with van der Waals surface area (Å²) in [5.41, 5.74) is 1.67. The van der Waals surface area contributed by atoms with Crippen molar-refractivity contribution < 1.29 is 17.6 Å². The Morgan fingerprint density at radius 1 is 1.19 bits per heavy atom. The average Bonchev–Trinajstić information content (AvgIpc) is 2.87. The van der Waals surface area contributed by atoms with E-state index in [0.717, 1.165) is 0 Å². The van der Waals surface area contributed by atoms with E-state index in [4.69, 9.17) is 0 Å². The Morgan fingerprint density at radius 3 is 2.41 bits per heavy atom. The summed E-state index contributed by atoms with van der Waals surface area (Å²) in [7, 11) is -1.94. The van der Waals surface area contributed by atoms with Crippen molar-refractivity contribution in [2.24, 2.45) is 7.05 Å².